The molecule has 0 saturated heterocycles. The van der Waals surface area contributed by atoms with Gasteiger partial charge in [-0.1, -0.05) is 11.6 Å². The monoisotopic (exact) mass is 408 g/mol. The van der Waals surface area contributed by atoms with E-state index in [0.29, 0.717) is 28.8 Å². The summed E-state index contributed by atoms with van der Waals surface area (Å²) in [5.41, 5.74) is 5.15. The molecule has 0 bridgehead atoms. The molecule has 3 aromatic heterocycles. The van der Waals surface area contributed by atoms with Crippen LogP contribution in [0.25, 0.3) is 22.6 Å². The third-order valence-corrected chi connectivity index (χ3v) is 4.75. The van der Waals surface area contributed by atoms with Crippen LogP contribution in [0.5, 0.6) is 5.75 Å². The highest BCUT2D eigenvalue weighted by Gasteiger charge is 2.15. The molecule has 0 amide bonds. The van der Waals surface area contributed by atoms with Gasteiger partial charge in [-0.25, -0.2) is 9.97 Å². The third-order valence-electron chi connectivity index (χ3n) is 4.47. The van der Waals surface area contributed by atoms with Gasteiger partial charge in [0.15, 0.2) is 0 Å². The second-order valence-corrected chi connectivity index (χ2v) is 7.09. The lowest BCUT2D eigenvalue weighted by Crippen LogP contribution is -1.99. The largest absolute Gasteiger partial charge is 0.487 e. The average molecular weight is 409 g/mol. The topological polar surface area (TPSA) is 63.7 Å². The Labute approximate surface area is 172 Å². The highest BCUT2D eigenvalue weighted by Crippen LogP contribution is 2.33. The summed E-state index contributed by atoms with van der Waals surface area (Å²) in [4.78, 5) is 15.6. The zero-order chi connectivity index (χ0) is 20.4. The maximum Gasteiger partial charge on any atom is 0.212 e. The molecule has 1 N–H and O–H groups in total. The summed E-state index contributed by atoms with van der Waals surface area (Å²) in [5.74, 6) is 0.728. The lowest BCUT2D eigenvalue weighted by Gasteiger charge is -2.09. The van der Waals surface area contributed by atoms with E-state index < -0.39 is 5.95 Å². The molecule has 0 radical (unpaired) electrons. The van der Waals surface area contributed by atoms with E-state index in [1.807, 2.05) is 44.2 Å². The minimum Gasteiger partial charge on any atom is -0.487 e. The number of pyridine rings is 2. The molecule has 0 unspecified atom stereocenters. The molecule has 0 aliphatic carbocycles. The number of aromatic amines is 1. The number of ether oxygens (including phenoxy) is 1. The summed E-state index contributed by atoms with van der Waals surface area (Å²) < 4.78 is 18.9. The van der Waals surface area contributed by atoms with Gasteiger partial charge < -0.3 is 9.72 Å². The van der Waals surface area contributed by atoms with E-state index in [0.717, 1.165) is 28.1 Å². The van der Waals surface area contributed by atoms with Gasteiger partial charge in [0, 0.05) is 23.5 Å². The Morgan fingerprint density at radius 2 is 1.93 bits per heavy atom. The number of nitrogens with zero attached hydrogens (tertiary/aromatic N) is 3. The SMILES string of the molecule is Cc1ccnc(COc2ccc(-c3nc(-c4ccc(F)nc4)[nH]c3Cl)c(C)c2)c1. The molecular formula is C22H18ClFN4O. The number of hydrogen-bond acceptors (Lipinski definition) is 4. The first-order valence-corrected chi connectivity index (χ1v) is 9.40. The fourth-order valence-electron chi connectivity index (χ4n) is 3.01. The Morgan fingerprint density at radius 3 is 2.66 bits per heavy atom. The molecule has 0 atom stereocenters. The highest BCUT2D eigenvalue weighted by atomic mass is 35.5. The molecule has 0 aliphatic heterocycles. The van der Waals surface area contributed by atoms with Gasteiger partial charge in [-0.05, 0) is 67.4 Å². The van der Waals surface area contributed by atoms with Crippen molar-refractivity contribution < 1.29 is 9.13 Å². The van der Waals surface area contributed by atoms with Crippen LogP contribution in [0.15, 0.2) is 54.9 Å². The smallest absolute Gasteiger partial charge is 0.212 e. The summed E-state index contributed by atoms with van der Waals surface area (Å²) in [6, 6.07) is 12.6. The van der Waals surface area contributed by atoms with E-state index in [2.05, 4.69) is 19.9 Å². The molecule has 1 aromatic carbocycles. The summed E-state index contributed by atoms with van der Waals surface area (Å²) in [5, 5.41) is 0.407. The summed E-state index contributed by atoms with van der Waals surface area (Å²) in [6.07, 6.45) is 3.19. The summed E-state index contributed by atoms with van der Waals surface area (Å²) in [7, 11) is 0. The maximum atomic E-state index is 13.0. The number of halogens is 2. The first-order valence-electron chi connectivity index (χ1n) is 9.02. The quantitative estimate of drug-likeness (QED) is 0.441. The standard InChI is InChI=1S/C22H18ClFN4O/c1-13-7-8-25-16(9-13)12-29-17-4-5-18(14(2)10-17)20-21(23)28-22(27-20)15-3-6-19(24)26-11-15/h3-11H,12H2,1-2H3,(H,27,28). The molecule has 146 valence electrons. The Hall–Kier alpha value is -3.25. The minimum atomic E-state index is -0.543. The normalized spacial score (nSPS) is 10.9. The minimum absolute atomic E-state index is 0.394. The Balaban J connectivity index is 1.55. The van der Waals surface area contributed by atoms with Gasteiger partial charge >= 0.3 is 0 Å². The van der Waals surface area contributed by atoms with Crippen LogP contribution in [-0.2, 0) is 6.61 Å². The zero-order valence-electron chi connectivity index (χ0n) is 15.9. The van der Waals surface area contributed by atoms with E-state index in [-0.39, 0.29) is 0 Å². The van der Waals surface area contributed by atoms with Crippen LogP contribution in [0.2, 0.25) is 5.15 Å². The van der Waals surface area contributed by atoms with Crippen molar-refractivity contribution in [3.05, 3.63) is 82.8 Å². The van der Waals surface area contributed by atoms with E-state index in [1.54, 1.807) is 12.3 Å². The number of aromatic nitrogens is 4. The number of imidazole rings is 1. The van der Waals surface area contributed by atoms with E-state index >= 15 is 0 Å². The highest BCUT2D eigenvalue weighted by molar-refractivity contribution is 6.32. The van der Waals surface area contributed by atoms with Crippen molar-refractivity contribution in [2.45, 2.75) is 20.5 Å². The van der Waals surface area contributed by atoms with Gasteiger partial charge in [0.1, 0.15) is 29.0 Å². The lowest BCUT2D eigenvalue weighted by atomic mass is 10.1. The van der Waals surface area contributed by atoms with Crippen molar-refractivity contribution in [2.75, 3.05) is 0 Å². The van der Waals surface area contributed by atoms with Gasteiger partial charge in [0.05, 0.1) is 5.69 Å². The molecule has 7 heteroatoms. The number of nitrogens with one attached hydrogen (secondary N) is 1. The number of rotatable bonds is 5. The fraction of sp³-hybridized carbons (Fsp3) is 0.136. The Morgan fingerprint density at radius 1 is 1.07 bits per heavy atom. The van der Waals surface area contributed by atoms with Crippen LogP contribution in [0.3, 0.4) is 0 Å². The van der Waals surface area contributed by atoms with E-state index in [9.17, 15) is 4.39 Å². The van der Waals surface area contributed by atoms with Crippen LogP contribution in [0.1, 0.15) is 16.8 Å². The van der Waals surface area contributed by atoms with Crippen molar-refractivity contribution in [1.82, 2.24) is 19.9 Å². The molecule has 3 heterocycles. The van der Waals surface area contributed by atoms with Gasteiger partial charge in [-0.2, -0.15) is 4.39 Å². The van der Waals surface area contributed by atoms with Crippen molar-refractivity contribution >= 4 is 11.6 Å². The summed E-state index contributed by atoms with van der Waals surface area (Å²) in [6.45, 7) is 4.39. The van der Waals surface area contributed by atoms with Crippen molar-refractivity contribution in [3.8, 4) is 28.4 Å². The van der Waals surface area contributed by atoms with E-state index in [4.69, 9.17) is 16.3 Å². The molecular weight excluding hydrogens is 391 g/mol. The molecule has 4 rings (SSSR count). The van der Waals surface area contributed by atoms with Crippen LogP contribution >= 0.6 is 11.6 Å². The number of benzene rings is 1. The predicted octanol–water partition coefficient (Wildman–Crippen LogP) is 5.52. The maximum absolute atomic E-state index is 13.0. The second-order valence-electron chi connectivity index (χ2n) is 6.71. The number of H-pyrrole nitrogens is 1. The molecule has 0 spiro atoms. The van der Waals surface area contributed by atoms with Crippen LogP contribution in [0.4, 0.5) is 4.39 Å². The zero-order valence-corrected chi connectivity index (χ0v) is 16.7. The van der Waals surface area contributed by atoms with Gasteiger partial charge in [0.25, 0.3) is 0 Å². The summed E-state index contributed by atoms with van der Waals surface area (Å²) >= 11 is 6.38. The average Bonchev–Trinajstić information content (AvgIpc) is 3.08. The number of hydrogen-bond donors (Lipinski definition) is 1. The first-order chi connectivity index (χ1) is 14.0. The van der Waals surface area contributed by atoms with Crippen molar-refractivity contribution in [1.29, 1.82) is 0 Å². The van der Waals surface area contributed by atoms with Crippen LogP contribution in [-0.4, -0.2) is 19.9 Å². The van der Waals surface area contributed by atoms with Crippen LogP contribution in [0, 0.1) is 19.8 Å². The number of aryl methyl sites for hydroxylation is 2. The van der Waals surface area contributed by atoms with E-state index in [1.165, 1.54) is 12.3 Å². The molecule has 0 fully saturated rings. The lowest BCUT2D eigenvalue weighted by molar-refractivity contribution is 0.301. The van der Waals surface area contributed by atoms with Gasteiger partial charge in [-0.3, -0.25) is 4.98 Å². The van der Waals surface area contributed by atoms with Crippen LogP contribution < -0.4 is 4.74 Å². The predicted molar refractivity (Wildman–Crippen MR) is 110 cm³/mol. The van der Waals surface area contributed by atoms with Gasteiger partial charge in [-0.15, -0.1) is 0 Å². The molecule has 29 heavy (non-hydrogen) atoms. The van der Waals surface area contributed by atoms with Gasteiger partial charge in [0.2, 0.25) is 5.95 Å². The fourth-order valence-corrected chi connectivity index (χ4v) is 3.24. The molecule has 5 nitrogen and oxygen atoms in total. The molecule has 0 aliphatic rings. The van der Waals surface area contributed by atoms with Crippen molar-refractivity contribution in [2.24, 2.45) is 0 Å². The molecule has 0 saturated carbocycles. The van der Waals surface area contributed by atoms with Crippen molar-refractivity contribution in [3.63, 3.8) is 0 Å². The Kier molecular flexibility index (Phi) is 5.27. The first kappa shape index (κ1) is 19.1. The Bertz CT molecular complexity index is 1160. The third kappa shape index (κ3) is 4.27. The second kappa shape index (κ2) is 8.01. The molecule has 4 aromatic rings.